The molecule has 4 aliphatic rings. The van der Waals surface area contributed by atoms with E-state index in [2.05, 4.69) is 20.8 Å². The van der Waals surface area contributed by atoms with Crippen molar-refractivity contribution < 1.29 is 47.7 Å². The number of esters is 2. The van der Waals surface area contributed by atoms with Crippen molar-refractivity contribution in [3.63, 3.8) is 0 Å². The molecular weight excluding hydrogens is 653 g/mol. The second kappa shape index (κ2) is 12.1. The Morgan fingerprint density at radius 3 is 2.17 bits per heavy atom. The number of hydrogen-bond donors (Lipinski definition) is 3. The summed E-state index contributed by atoms with van der Waals surface area (Å²) in [6, 6.07) is 8.33. The van der Waals surface area contributed by atoms with Crippen LogP contribution in [-0.4, -0.2) is 95.0 Å². The molecule has 10 nitrogen and oxygen atoms in total. The molecule has 1 aromatic rings. The van der Waals surface area contributed by atoms with Crippen LogP contribution in [0.4, 0.5) is 0 Å². The van der Waals surface area contributed by atoms with Crippen molar-refractivity contribution >= 4 is 31.3 Å². The molecule has 3 aliphatic carbocycles. The molecule has 1 heterocycles. The number of rotatable bonds is 8. The van der Waals surface area contributed by atoms with E-state index in [-0.39, 0.29) is 30.6 Å². The molecule has 2 saturated carbocycles. The first-order valence-electron chi connectivity index (χ1n) is 16.6. The Bertz CT molecular complexity index is 1400. The van der Waals surface area contributed by atoms with Gasteiger partial charge in [-0.3, -0.25) is 0 Å². The van der Waals surface area contributed by atoms with Crippen molar-refractivity contribution in [3.05, 3.63) is 47.0 Å². The molecule has 0 radical (unpaired) electrons. The molecule has 9 atom stereocenters. The summed E-state index contributed by atoms with van der Waals surface area (Å²) in [5, 5.41) is 39.0. The van der Waals surface area contributed by atoms with Crippen molar-refractivity contribution in [3.8, 4) is 0 Å². The summed E-state index contributed by atoms with van der Waals surface area (Å²) in [6.45, 7) is 14.2. The normalized spacial score (nSPS) is 38.5. The molecule has 0 aromatic heterocycles. The monoisotopic (exact) mass is 704 g/mol. The summed E-state index contributed by atoms with van der Waals surface area (Å²) in [4.78, 5) is 42.0. The van der Waals surface area contributed by atoms with Crippen molar-refractivity contribution in [2.24, 2.45) is 16.7 Å². The van der Waals surface area contributed by atoms with E-state index in [1.807, 2.05) is 0 Å². The second-order valence-electron chi connectivity index (χ2n) is 14.5. The van der Waals surface area contributed by atoms with Gasteiger partial charge in [-0.25, -0.2) is 0 Å². The fraction of sp³-hybridized carbons (Fsp3) is 0.686. The summed E-state index contributed by atoms with van der Waals surface area (Å²) in [7, 11) is 0. The average Bonchev–Trinajstić information content (AvgIpc) is 3.01. The summed E-state index contributed by atoms with van der Waals surface area (Å²) < 4.78 is 25.8. The zero-order chi connectivity index (χ0) is 34.0. The molecule has 1 aliphatic heterocycles. The Kier molecular flexibility index (Phi) is 9.27. The maximum absolute atomic E-state index is 15.1. The summed E-state index contributed by atoms with van der Waals surface area (Å²) in [5.41, 5.74) is -5.66. The quantitative estimate of drug-likeness (QED) is 0.205. The molecule has 2 bridgehead atoms. The number of ketones is 1. The number of Topliss-reactive ketones (excluding diaryl/α,β-unsaturated/α-hetero) is 1. The van der Waals surface area contributed by atoms with Crippen LogP contribution in [0.5, 0.6) is 0 Å². The zero-order valence-corrected chi connectivity index (χ0v) is 30.4. The summed E-state index contributed by atoms with van der Waals surface area (Å²) in [6.07, 6.45) is -5.98. The van der Waals surface area contributed by atoms with Crippen LogP contribution in [0.25, 0.3) is 0 Å². The molecule has 3 N–H and O–H groups in total. The minimum atomic E-state index is -3.05. The maximum atomic E-state index is 15.1. The predicted octanol–water partition coefficient (Wildman–Crippen LogP) is 4.11. The first kappa shape index (κ1) is 35.2. The van der Waals surface area contributed by atoms with Gasteiger partial charge in [0, 0.05) is 0 Å². The van der Waals surface area contributed by atoms with Crippen LogP contribution in [0.15, 0.2) is 41.5 Å². The van der Waals surface area contributed by atoms with Gasteiger partial charge in [0.25, 0.3) is 0 Å². The van der Waals surface area contributed by atoms with Crippen molar-refractivity contribution in [2.45, 2.75) is 126 Å². The van der Waals surface area contributed by atoms with E-state index in [4.69, 9.17) is 18.0 Å². The van der Waals surface area contributed by atoms with Gasteiger partial charge in [0.1, 0.15) is 0 Å². The Hall–Kier alpha value is -2.09. The van der Waals surface area contributed by atoms with Crippen molar-refractivity contribution in [1.29, 1.82) is 0 Å². The van der Waals surface area contributed by atoms with Crippen LogP contribution in [0, 0.1) is 16.7 Å². The minimum absolute atomic E-state index is 0.102. The predicted molar refractivity (Wildman–Crippen MR) is 171 cm³/mol. The molecule has 254 valence electrons. The van der Waals surface area contributed by atoms with Crippen LogP contribution in [0.2, 0.25) is 15.8 Å². The van der Waals surface area contributed by atoms with Crippen LogP contribution in [-0.2, 0) is 27.6 Å². The van der Waals surface area contributed by atoms with E-state index in [9.17, 15) is 24.9 Å². The number of fused-ring (bicyclic) bond motifs is 5. The fourth-order valence-electron chi connectivity index (χ4n) is 9.11. The molecule has 11 heteroatoms. The van der Waals surface area contributed by atoms with Crippen LogP contribution in [0.3, 0.4) is 0 Å². The number of carbonyl (C=O) groups is 3. The van der Waals surface area contributed by atoms with E-state index < -0.39 is 89.8 Å². The Morgan fingerprint density at radius 1 is 1.04 bits per heavy atom. The van der Waals surface area contributed by atoms with Gasteiger partial charge in [0.15, 0.2) is 0 Å². The molecule has 46 heavy (non-hydrogen) atoms. The molecule has 1 saturated heterocycles. The first-order chi connectivity index (χ1) is 21.5. The first-order valence-corrected chi connectivity index (χ1v) is 21.9. The third kappa shape index (κ3) is 4.96. The number of benzene rings is 1. The van der Waals surface area contributed by atoms with Gasteiger partial charge in [-0.05, 0) is 0 Å². The molecule has 1 aromatic carbocycles. The second-order valence-corrected chi connectivity index (χ2v) is 24.4. The summed E-state index contributed by atoms with van der Waals surface area (Å²) >= 11 is -3.05. The third-order valence-corrected chi connectivity index (χ3v) is 22.0. The van der Waals surface area contributed by atoms with E-state index in [0.717, 1.165) is 15.8 Å². The topological polar surface area (TPSA) is 149 Å². The van der Waals surface area contributed by atoms with E-state index in [0.29, 0.717) is 5.57 Å². The van der Waals surface area contributed by atoms with Gasteiger partial charge in [-0.2, -0.15) is 0 Å². The SMILES string of the molecule is C[CH2][Ge]([CH2]C)([CH2]C)[O][C@H]1C[C@H]2OC[C@@]2(OC(C)=O)[C@H]2[C@H](OC(=O)c3ccccc3)[C@]3(O)C[C@H](O)C(C)=C([C@@H](O)C(=O)[C@]12C)C3(C)C. The molecule has 5 rings (SSSR count). The van der Waals surface area contributed by atoms with Gasteiger partial charge in [-0.1, -0.05) is 0 Å². The Morgan fingerprint density at radius 2 is 1.65 bits per heavy atom. The average molecular weight is 703 g/mol. The van der Waals surface area contributed by atoms with Gasteiger partial charge in [0.05, 0.1) is 0 Å². The molecule has 3 fully saturated rings. The van der Waals surface area contributed by atoms with Crippen LogP contribution < -0.4 is 0 Å². The fourth-order valence-corrected chi connectivity index (χ4v) is 15.3. The van der Waals surface area contributed by atoms with E-state index in [1.165, 1.54) is 6.92 Å². The molecule has 0 amide bonds. The Balaban J connectivity index is 1.84. The standard InChI is InChI=1S/C35H50GeO10/c1-9-36(10-2,11-3)46-24-17-25-34(19-43-25,45-21(5)37)28-30(44-31(41)22-15-13-12-14-16-22)35(42)18-23(38)20(4)26(32(35,6)7)27(39)29(40)33(24,28)8/h12-16,23-25,27-28,30,38-39,42H,9-11,17-19H2,1-8H3/t23-,24-,25+,27+,28-,30-,33+,34-,35+/m0/s1. The summed E-state index contributed by atoms with van der Waals surface area (Å²) in [5.74, 6) is -3.14. The third-order valence-electron chi connectivity index (χ3n) is 12.2. The van der Waals surface area contributed by atoms with E-state index >= 15 is 4.79 Å². The zero-order valence-electron chi connectivity index (χ0n) is 28.3. The van der Waals surface area contributed by atoms with Crippen molar-refractivity contribution in [1.82, 2.24) is 0 Å². The van der Waals surface area contributed by atoms with E-state index in [1.54, 1.807) is 58.0 Å². The number of hydrogen-bond acceptors (Lipinski definition) is 10. The van der Waals surface area contributed by atoms with Crippen LogP contribution >= 0.6 is 0 Å². The van der Waals surface area contributed by atoms with Gasteiger partial charge in [0.2, 0.25) is 0 Å². The van der Waals surface area contributed by atoms with Gasteiger partial charge in [-0.15, -0.1) is 0 Å². The van der Waals surface area contributed by atoms with Crippen LogP contribution in [0.1, 0.15) is 78.6 Å². The molecule has 0 unspecified atom stereocenters. The molecular formula is C35H50GeO10. The van der Waals surface area contributed by atoms with Crippen molar-refractivity contribution in [2.75, 3.05) is 6.61 Å². The number of ether oxygens (including phenoxy) is 3. The number of aliphatic hydroxyl groups excluding tert-OH is 2. The van der Waals surface area contributed by atoms with Gasteiger partial charge < -0.3 is 0 Å². The molecule has 0 spiro atoms. The number of aliphatic hydroxyl groups is 3. The van der Waals surface area contributed by atoms with Gasteiger partial charge >= 0.3 is 275 Å². The number of carbonyl (C=O) groups excluding carboxylic acids is 3. The Labute approximate surface area is 274 Å².